The summed E-state index contributed by atoms with van der Waals surface area (Å²) in [7, 11) is 0. The van der Waals surface area contributed by atoms with Crippen molar-refractivity contribution in [2.75, 3.05) is 0 Å². The predicted molar refractivity (Wildman–Crippen MR) is 164 cm³/mol. The van der Waals surface area contributed by atoms with Crippen LogP contribution in [0.4, 0.5) is 0 Å². The van der Waals surface area contributed by atoms with Crippen LogP contribution in [0.25, 0.3) is 55.8 Å². The van der Waals surface area contributed by atoms with Crippen molar-refractivity contribution in [2.24, 2.45) is 0 Å². The number of fused-ring (bicyclic) bond motifs is 6. The highest BCUT2D eigenvalue weighted by Crippen LogP contribution is 2.50. The van der Waals surface area contributed by atoms with E-state index in [9.17, 15) is 0 Å². The molecule has 192 valence electrons. The summed E-state index contributed by atoms with van der Waals surface area (Å²) in [6, 6.07) is 32.4. The smallest absolute Gasteiger partial charge is 0.238 e. The Hall–Kier alpha value is -4.83. The average Bonchev–Trinajstić information content (AvgIpc) is 3.45. The van der Waals surface area contributed by atoms with E-state index < -0.39 is 0 Å². The zero-order valence-corrected chi connectivity index (χ0v) is 22.6. The fourth-order valence-corrected chi connectivity index (χ4v) is 6.49. The van der Waals surface area contributed by atoms with Gasteiger partial charge in [0.15, 0.2) is 11.6 Å². The van der Waals surface area contributed by atoms with Crippen molar-refractivity contribution in [1.82, 2.24) is 19.5 Å². The van der Waals surface area contributed by atoms with Crippen molar-refractivity contribution < 1.29 is 0 Å². The summed E-state index contributed by atoms with van der Waals surface area (Å²) in [5.41, 5.74) is 9.60. The van der Waals surface area contributed by atoms with Crippen LogP contribution in [0.1, 0.15) is 43.6 Å². The summed E-state index contributed by atoms with van der Waals surface area (Å²) < 4.78 is 2.24. The second-order valence-electron chi connectivity index (χ2n) is 11.2. The van der Waals surface area contributed by atoms with Crippen molar-refractivity contribution in [2.45, 2.75) is 32.1 Å². The van der Waals surface area contributed by atoms with E-state index >= 15 is 0 Å². The summed E-state index contributed by atoms with van der Waals surface area (Å²) in [5.74, 6) is 2.09. The molecule has 4 heteroatoms. The van der Waals surface area contributed by atoms with Gasteiger partial charge in [-0.2, -0.15) is 9.97 Å². The molecule has 0 radical (unpaired) electrons. The zero-order valence-electron chi connectivity index (χ0n) is 22.6. The quantitative estimate of drug-likeness (QED) is 0.236. The highest BCUT2D eigenvalue weighted by molar-refractivity contribution is 6.11. The molecule has 40 heavy (non-hydrogen) atoms. The lowest BCUT2D eigenvalue weighted by Crippen LogP contribution is -2.15. The molecule has 6 aromatic rings. The molecule has 2 aliphatic carbocycles. The molecular formula is C36H28N4. The lowest BCUT2D eigenvalue weighted by molar-refractivity contribution is 0.661. The maximum absolute atomic E-state index is 5.13. The summed E-state index contributed by atoms with van der Waals surface area (Å²) >= 11 is 0. The highest BCUT2D eigenvalue weighted by atomic mass is 15.2. The third-order valence-electron chi connectivity index (χ3n) is 8.53. The van der Waals surface area contributed by atoms with Crippen LogP contribution in [-0.4, -0.2) is 19.5 Å². The largest absolute Gasteiger partial charge is 0.278 e. The molecule has 0 saturated carbocycles. The number of allylic oxidation sites excluding steroid dienone is 4. The molecule has 0 N–H and O–H groups in total. The lowest BCUT2D eigenvalue weighted by Gasteiger charge is -2.21. The van der Waals surface area contributed by atoms with Crippen LogP contribution in [0.15, 0.2) is 109 Å². The highest BCUT2D eigenvalue weighted by Gasteiger charge is 2.36. The SMILES string of the molecule is CC1(C)c2ccccc2-c2cc3c4ccccc4n(-c4nc(C5=CC=CCC5)nc(-c5ccccc5)n4)c3cc21. The first-order valence-electron chi connectivity index (χ1n) is 13.9. The van der Waals surface area contributed by atoms with Gasteiger partial charge in [0.1, 0.15) is 0 Å². The molecule has 2 heterocycles. The second-order valence-corrected chi connectivity index (χ2v) is 11.2. The number of nitrogens with zero attached hydrogens (tertiary/aromatic N) is 4. The lowest BCUT2D eigenvalue weighted by atomic mass is 9.82. The number of para-hydroxylation sites is 1. The molecule has 2 aromatic heterocycles. The van der Waals surface area contributed by atoms with E-state index in [2.05, 4.69) is 109 Å². The number of hydrogen-bond acceptors (Lipinski definition) is 3. The molecular weight excluding hydrogens is 488 g/mol. The number of rotatable bonds is 3. The van der Waals surface area contributed by atoms with Crippen LogP contribution >= 0.6 is 0 Å². The number of aromatic nitrogens is 4. The van der Waals surface area contributed by atoms with Gasteiger partial charge in [0, 0.05) is 21.8 Å². The van der Waals surface area contributed by atoms with E-state index in [-0.39, 0.29) is 5.41 Å². The minimum absolute atomic E-state index is 0.0971. The molecule has 4 aromatic carbocycles. The van der Waals surface area contributed by atoms with Crippen LogP contribution in [0.3, 0.4) is 0 Å². The standard InChI is InChI=1S/C36H28N4/c1-36(2)29-19-11-9-17-25(29)27-21-28-26-18-10-12-20-31(26)40(32(28)22-30(27)36)35-38-33(23-13-5-3-6-14-23)37-34(39-35)24-15-7-4-8-16-24/h3-7,9-15,17-22H,8,16H2,1-2H3. The van der Waals surface area contributed by atoms with Crippen LogP contribution < -0.4 is 0 Å². The van der Waals surface area contributed by atoms with Crippen molar-refractivity contribution in [3.05, 3.63) is 126 Å². The van der Waals surface area contributed by atoms with E-state index in [0.717, 1.165) is 40.8 Å². The van der Waals surface area contributed by atoms with Gasteiger partial charge in [0.2, 0.25) is 5.95 Å². The van der Waals surface area contributed by atoms with Crippen molar-refractivity contribution in [1.29, 1.82) is 0 Å². The number of benzene rings is 4. The molecule has 0 fully saturated rings. The molecule has 2 aliphatic rings. The van der Waals surface area contributed by atoms with Gasteiger partial charge in [0.05, 0.1) is 11.0 Å². The van der Waals surface area contributed by atoms with Gasteiger partial charge in [-0.3, -0.25) is 4.57 Å². The Kier molecular flexibility index (Phi) is 4.96. The third-order valence-corrected chi connectivity index (χ3v) is 8.53. The van der Waals surface area contributed by atoms with Crippen LogP contribution in [0.2, 0.25) is 0 Å². The Morgan fingerprint density at radius 2 is 1.45 bits per heavy atom. The summed E-state index contributed by atoms with van der Waals surface area (Å²) in [6.45, 7) is 4.65. The summed E-state index contributed by atoms with van der Waals surface area (Å²) in [5, 5.41) is 2.41. The van der Waals surface area contributed by atoms with Crippen molar-refractivity contribution >= 4 is 27.4 Å². The van der Waals surface area contributed by atoms with E-state index in [1.54, 1.807) is 0 Å². The van der Waals surface area contributed by atoms with Gasteiger partial charge >= 0.3 is 0 Å². The Morgan fingerprint density at radius 1 is 0.675 bits per heavy atom. The Labute approximate surface area is 233 Å². The maximum atomic E-state index is 5.13. The zero-order chi connectivity index (χ0) is 26.8. The maximum Gasteiger partial charge on any atom is 0.238 e. The normalized spacial score (nSPS) is 15.3. The first-order valence-corrected chi connectivity index (χ1v) is 13.9. The first kappa shape index (κ1) is 23.1. The van der Waals surface area contributed by atoms with Gasteiger partial charge in [-0.05, 0) is 58.9 Å². The van der Waals surface area contributed by atoms with Gasteiger partial charge < -0.3 is 0 Å². The minimum atomic E-state index is -0.0971. The minimum Gasteiger partial charge on any atom is -0.278 e. The Morgan fingerprint density at radius 3 is 2.30 bits per heavy atom. The fourth-order valence-electron chi connectivity index (χ4n) is 6.49. The van der Waals surface area contributed by atoms with Gasteiger partial charge in [-0.1, -0.05) is 105 Å². The van der Waals surface area contributed by atoms with E-state index in [1.807, 2.05) is 18.2 Å². The predicted octanol–water partition coefficient (Wildman–Crippen LogP) is 8.68. The second kappa shape index (κ2) is 8.59. The molecule has 0 atom stereocenters. The van der Waals surface area contributed by atoms with Crippen molar-refractivity contribution in [3.8, 4) is 28.5 Å². The van der Waals surface area contributed by atoms with Gasteiger partial charge in [-0.25, -0.2) is 4.98 Å². The molecule has 0 unspecified atom stereocenters. The molecule has 0 bridgehead atoms. The molecule has 0 saturated heterocycles. The van der Waals surface area contributed by atoms with E-state index in [0.29, 0.717) is 11.8 Å². The monoisotopic (exact) mass is 516 g/mol. The van der Waals surface area contributed by atoms with Gasteiger partial charge in [0.25, 0.3) is 0 Å². The average molecular weight is 517 g/mol. The van der Waals surface area contributed by atoms with Crippen LogP contribution in [0.5, 0.6) is 0 Å². The number of hydrogen-bond donors (Lipinski definition) is 0. The van der Waals surface area contributed by atoms with Gasteiger partial charge in [-0.15, -0.1) is 0 Å². The summed E-state index contributed by atoms with van der Waals surface area (Å²) in [4.78, 5) is 15.2. The third kappa shape index (κ3) is 3.35. The molecule has 0 amide bonds. The topological polar surface area (TPSA) is 43.6 Å². The van der Waals surface area contributed by atoms with E-state index in [4.69, 9.17) is 15.0 Å². The summed E-state index contributed by atoms with van der Waals surface area (Å²) in [6.07, 6.45) is 8.34. The molecule has 4 nitrogen and oxygen atoms in total. The molecule has 0 spiro atoms. The first-order chi connectivity index (χ1) is 19.6. The van der Waals surface area contributed by atoms with Crippen LogP contribution in [-0.2, 0) is 5.41 Å². The fraction of sp³-hybridized carbons (Fsp3) is 0.139. The molecule has 8 rings (SSSR count). The Bertz CT molecular complexity index is 2030. The Balaban J connectivity index is 1.45. The van der Waals surface area contributed by atoms with E-state index in [1.165, 1.54) is 33.0 Å². The molecule has 0 aliphatic heterocycles. The van der Waals surface area contributed by atoms with Crippen molar-refractivity contribution in [3.63, 3.8) is 0 Å². The van der Waals surface area contributed by atoms with Crippen LogP contribution in [0, 0.1) is 0 Å².